The number of benzene rings is 2. The van der Waals surface area contributed by atoms with Crippen LogP contribution in [0.2, 0.25) is 0 Å². The van der Waals surface area contributed by atoms with Crippen molar-refractivity contribution in [2.75, 3.05) is 0 Å². The molecular formula is C21H24FN3O4S. The molecule has 0 saturated heterocycles. The maximum atomic E-state index is 13.9. The van der Waals surface area contributed by atoms with Gasteiger partial charge in [0.1, 0.15) is 11.9 Å². The average Bonchev–Trinajstić information content (AvgIpc) is 3.12. The van der Waals surface area contributed by atoms with Gasteiger partial charge in [0.05, 0.1) is 22.7 Å². The molecule has 1 aliphatic heterocycles. The van der Waals surface area contributed by atoms with Crippen LogP contribution in [0.3, 0.4) is 0 Å². The molecule has 7 nitrogen and oxygen atoms in total. The Kier molecular flexibility index (Phi) is 6.35. The Morgan fingerprint density at radius 3 is 2.43 bits per heavy atom. The third-order valence-corrected chi connectivity index (χ3v) is 6.41. The lowest BCUT2D eigenvalue weighted by atomic mass is 10.0. The van der Waals surface area contributed by atoms with Crippen LogP contribution in [0, 0.1) is 12.7 Å². The van der Waals surface area contributed by atoms with E-state index in [4.69, 9.17) is 0 Å². The topological polar surface area (TPSA) is 108 Å². The highest BCUT2D eigenvalue weighted by Crippen LogP contribution is 2.29. The second-order valence-corrected chi connectivity index (χ2v) is 9.11. The van der Waals surface area contributed by atoms with Crippen molar-refractivity contribution in [1.82, 2.24) is 10.0 Å². The predicted octanol–water partition coefficient (Wildman–Crippen LogP) is 2.00. The number of nitrogens with one attached hydrogen (secondary N) is 2. The smallest absolute Gasteiger partial charge is 0.241 e. The molecule has 0 fully saturated rings. The molecule has 1 amide bonds. The summed E-state index contributed by atoms with van der Waals surface area (Å²) in [6.07, 6.45) is -1.03. The number of carbonyl (C=O) groups is 1. The van der Waals surface area contributed by atoms with E-state index in [1.165, 1.54) is 25.1 Å². The molecule has 1 aliphatic rings. The number of nitrogens with zero attached hydrogens (tertiary/aromatic N) is 1. The normalized spacial score (nSPS) is 16.4. The minimum Gasteiger partial charge on any atom is -0.391 e. The molecule has 1 heterocycles. The number of sulfonamides is 1. The second kappa shape index (κ2) is 8.63. The van der Waals surface area contributed by atoms with Gasteiger partial charge < -0.3 is 10.4 Å². The van der Waals surface area contributed by atoms with Gasteiger partial charge in [0, 0.05) is 17.7 Å². The predicted molar refractivity (Wildman–Crippen MR) is 112 cm³/mol. The van der Waals surface area contributed by atoms with Gasteiger partial charge in [0.15, 0.2) is 0 Å². The summed E-state index contributed by atoms with van der Waals surface area (Å²) < 4.78 is 41.4. The van der Waals surface area contributed by atoms with E-state index in [-0.39, 0.29) is 17.1 Å². The van der Waals surface area contributed by atoms with E-state index in [9.17, 15) is 22.7 Å². The first-order valence-corrected chi connectivity index (χ1v) is 11.0. The van der Waals surface area contributed by atoms with Gasteiger partial charge in [-0.15, -0.1) is 0 Å². The molecule has 0 aromatic heterocycles. The molecule has 30 heavy (non-hydrogen) atoms. The van der Waals surface area contributed by atoms with E-state index in [0.29, 0.717) is 17.0 Å². The molecule has 2 aromatic carbocycles. The van der Waals surface area contributed by atoms with Gasteiger partial charge in [-0.1, -0.05) is 23.8 Å². The summed E-state index contributed by atoms with van der Waals surface area (Å²) in [5.41, 5.74) is 2.41. The number of aliphatic imine (C=N–C) groups is 1. The first-order valence-electron chi connectivity index (χ1n) is 9.51. The van der Waals surface area contributed by atoms with E-state index in [0.717, 1.165) is 5.56 Å². The molecule has 3 rings (SSSR count). The lowest BCUT2D eigenvalue weighted by Gasteiger charge is -2.23. The van der Waals surface area contributed by atoms with E-state index < -0.39 is 34.1 Å². The number of aliphatic hydroxyl groups excluding tert-OH is 1. The summed E-state index contributed by atoms with van der Waals surface area (Å²) >= 11 is 0. The van der Waals surface area contributed by atoms with Gasteiger partial charge in [-0.05, 0) is 45.0 Å². The maximum absolute atomic E-state index is 13.9. The van der Waals surface area contributed by atoms with Crippen molar-refractivity contribution in [3.63, 3.8) is 0 Å². The molecule has 0 bridgehead atoms. The van der Waals surface area contributed by atoms with Crippen molar-refractivity contribution >= 4 is 27.3 Å². The molecule has 0 unspecified atom stereocenters. The van der Waals surface area contributed by atoms with Crippen molar-refractivity contribution < 1.29 is 22.7 Å². The van der Waals surface area contributed by atoms with Crippen LogP contribution in [0.5, 0.6) is 0 Å². The molecule has 0 aliphatic carbocycles. The number of amides is 1. The number of fused-ring (bicyclic) bond motifs is 1. The third-order valence-electron chi connectivity index (χ3n) is 4.95. The van der Waals surface area contributed by atoms with Gasteiger partial charge in [-0.3, -0.25) is 9.79 Å². The standard InChI is InChI=1S/C21H24FN3O4S/c1-12-7-9-15(10-8-12)30(28,29)25-20(14(3)26)21(27)23-13(2)19-11-16-17(22)5-4-6-18(16)24-19/h4-10,13-14,20,25-26H,11H2,1-3H3,(H,23,27)/t13-,14+,20-/m0/s1. The molecule has 160 valence electrons. The van der Waals surface area contributed by atoms with E-state index in [1.54, 1.807) is 31.2 Å². The Morgan fingerprint density at radius 1 is 1.17 bits per heavy atom. The second-order valence-electron chi connectivity index (χ2n) is 7.40. The number of halogens is 1. The Hall–Kier alpha value is -2.62. The van der Waals surface area contributed by atoms with E-state index in [1.807, 2.05) is 6.92 Å². The van der Waals surface area contributed by atoms with Crippen LogP contribution < -0.4 is 10.0 Å². The SMILES string of the molecule is Cc1ccc(S(=O)(=O)N[C@H](C(=O)N[C@@H](C)C2=Nc3cccc(F)c3C2)[C@@H](C)O)cc1. The Bertz CT molecular complexity index is 1080. The van der Waals surface area contributed by atoms with Gasteiger partial charge in [-0.25, -0.2) is 12.8 Å². The van der Waals surface area contributed by atoms with Gasteiger partial charge in [0.2, 0.25) is 15.9 Å². The van der Waals surface area contributed by atoms with Crippen LogP contribution in [-0.2, 0) is 21.2 Å². The third kappa shape index (κ3) is 4.75. The first-order chi connectivity index (χ1) is 14.1. The summed E-state index contributed by atoms with van der Waals surface area (Å²) in [5, 5.41) is 12.7. The first kappa shape index (κ1) is 22.1. The zero-order valence-electron chi connectivity index (χ0n) is 16.9. The summed E-state index contributed by atoms with van der Waals surface area (Å²) in [6, 6.07) is 8.76. The Labute approximate surface area is 175 Å². The van der Waals surface area contributed by atoms with Crippen molar-refractivity contribution in [2.45, 2.75) is 50.3 Å². The highest BCUT2D eigenvalue weighted by Gasteiger charge is 2.32. The quantitative estimate of drug-likeness (QED) is 0.621. The van der Waals surface area contributed by atoms with Gasteiger partial charge in [-0.2, -0.15) is 4.72 Å². The average molecular weight is 434 g/mol. The largest absolute Gasteiger partial charge is 0.391 e. The zero-order valence-corrected chi connectivity index (χ0v) is 17.7. The lowest BCUT2D eigenvalue weighted by molar-refractivity contribution is -0.125. The molecule has 0 radical (unpaired) electrons. The van der Waals surface area contributed by atoms with Crippen LogP contribution >= 0.6 is 0 Å². The maximum Gasteiger partial charge on any atom is 0.241 e. The number of aliphatic hydroxyl groups is 1. The number of rotatable bonds is 7. The minimum absolute atomic E-state index is 0.00862. The summed E-state index contributed by atoms with van der Waals surface area (Å²) in [6.45, 7) is 4.83. The highest BCUT2D eigenvalue weighted by molar-refractivity contribution is 7.89. The number of hydrogen-bond acceptors (Lipinski definition) is 5. The molecule has 0 spiro atoms. The van der Waals surface area contributed by atoms with Crippen LogP contribution in [0.4, 0.5) is 10.1 Å². The van der Waals surface area contributed by atoms with E-state index >= 15 is 0 Å². The molecule has 0 saturated carbocycles. The van der Waals surface area contributed by atoms with Crippen molar-refractivity contribution in [3.8, 4) is 0 Å². The van der Waals surface area contributed by atoms with Gasteiger partial charge in [0.25, 0.3) is 0 Å². The van der Waals surface area contributed by atoms with Gasteiger partial charge >= 0.3 is 0 Å². The van der Waals surface area contributed by atoms with Crippen LogP contribution in [0.1, 0.15) is 25.0 Å². The lowest BCUT2D eigenvalue weighted by Crippen LogP contribution is -2.55. The fourth-order valence-electron chi connectivity index (χ4n) is 3.16. The number of carbonyl (C=O) groups excluding carboxylic acids is 1. The minimum atomic E-state index is -4.02. The van der Waals surface area contributed by atoms with Crippen molar-refractivity contribution in [3.05, 3.63) is 59.4 Å². The van der Waals surface area contributed by atoms with Crippen LogP contribution in [0.15, 0.2) is 52.4 Å². The summed E-state index contributed by atoms with van der Waals surface area (Å²) in [4.78, 5) is 17.1. The highest BCUT2D eigenvalue weighted by atomic mass is 32.2. The molecule has 9 heteroatoms. The fourth-order valence-corrected chi connectivity index (χ4v) is 4.43. The molecule has 3 atom stereocenters. The van der Waals surface area contributed by atoms with Crippen molar-refractivity contribution in [2.24, 2.45) is 4.99 Å². The fraction of sp³-hybridized carbons (Fsp3) is 0.333. The van der Waals surface area contributed by atoms with E-state index in [2.05, 4.69) is 15.0 Å². The Balaban J connectivity index is 1.72. The molecule has 3 N–H and O–H groups in total. The molecular weight excluding hydrogens is 409 g/mol. The summed E-state index contributed by atoms with van der Waals surface area (Å²) in [5.74, 6) is -1.06. The van der Waals surface area contributed by atoms with Crippen LogP contribution in [0.25, 0.3) is 0 Å². The molecule has 2 aromatic rings. The van der Waals surface area contributed by atoms with Crippen molar-refractivity contribution in [1.29, 1.82) is 0 Å². The Morgan fingerprint density at radius 2 is 1.83 bits per heavy atom. The number of aryl methyl sites for hydroxylation is 1. The zero-order chi connectivity index (χ0) is 22.1. The van der Waals surface area contributed by atoms with Crippen LogP contribution in [-0.4, -0.2) is 43.3 Å². The number of hydrogen-bond donors (Lipinski definition) is 3. The summed E-state index contributed by atoms with van der Waals surface area (Å²) in [7, 11) is -4.02. The monoisotopic (exact) mass is 433 g/mol.